The Bertz CT molecular complexity index is 619. The number of ether oxygens (including phenoxy) is 1. The number of hydrogen-bond donors (Lipinski definition) is 1. The van der Waals surface area contributed by atoms with Crippen LogP contribution < -0.4 is 10.5 Å². The van der Waals surface area contributed by atoms with E-state index in [1.165, 1.54) is 4.90 Å². The lowest BCUT2D eigenvalue weighted by Crippen LogP contribution is -2.48. The molecule has 0 radical (unpaired) electrons. The molecule has 0 saturated carbocycles. The van der Waals surface area contributed by atoms with Gasteiger partial charge >= 0.3 is 0 Å². The predicted molar refractivity (Wildman–Crippen MR) is 92.6 cm³/mol. The molecular weight excluding hydrogens is 308 g/mol. The lowest BCUT2D eigenvalue weighted by Gasteiger charge is -2.28. The summed E-state index contributed by atoms with van der Waals surface area (Å²) in [7, 11) is 3.17. The van der Waals surface area contributed by atoms with Crippen molar-refractivity contribution < 1.29 is 14.3 Å². The molecule has 0 bridgehead atoms. The highest BCUT2D eigenvalue weighted by atomic mass is 16.5. The van der Waals surface area contributed by atoms with Crippen molar-refractivity contribution in [2.24, 2.45) is 21.6 Å². The van der Waals surface area contributed by atoms with E-state index in [9.17, 15) is 9.59 Å². The molecular formula is C17H24N4O3. The molecule has 0 aliphatic rings. The minimum atomic E-state index is -0.616. The Hall–Kier alpha value is -2.66. The van der Waals surface area contributed by atoms with Gasteiger partial charge in [-0.2, -0.15) is 4.99 Å². The van der Waals surface area contributed by atoms with Gasteiger partial charge in [0.05, 0.1) is 25.4 Å². The quantitative estimate of drug-likeness (QED) is 0.736. The number of benzene rings is 1. The zero-order valence-electron chi connectivity index (χ0n) is 14.5. The molecule has 7 heteroatoms. The monoisotopic (exact) mass is 332 g/mol. The third-order valence-corrected chi connectivity index (χ3v) is 3.49. The second kappa shape index (κ2) is 9.47. The molecule has 0 saturated heterocycles. The van der Waals surface area contributed by atoms with Crippen LogP contribution in [-0.4, -0.2) is 49.5 Å². The fourth-order valence-corrected chi connectivity index (χ4v) is 2.25. The van der Waals surface area contributed by atoms with Gasteiger partial charge in [-0.25, -0.2) is 4.99 Å². The number of carbonyl (C=O) groups is 2. The Morgan fingerprint density at radius 3 is 2.42 bits per heavy atom. The molecule has 2 amide bonds. The molecule has 2 N–H and O–H groups in total. The molecule has 1 unspecified atom stereocenters. The van der Waals surface area contributed by atoms with Crippen molar-refractivity contribution in [2.45, 2.75) is 26.3 Å². The molecule has 0 heterocycles. The molecule has 130 valence electrons. The first-order valence-electron chi connectivity index (χ1n) is 7.68. The molecule has 0 aromatic heterocycles. The number of nitrogens with two attached hydrogens (primary N) is 1. The average molecular weight is 332 g/mol. The van der Waals surface area contributed by atoms with Crippen LogP contribution in [0.4, 0.5) is 5.69 Å². The van der Waals surface area contributed by atoms with Crippen LogP contribution in [0.5, 0.6) is 5.75 Å². The first kappa shape index (κ1) is 19.4. The van der Waals surface area contributed by atoms with E-state index < -0.39 is 11.9 Å². The molecule has 1 aromatic carbocycles. The number of methoxy groups -OCH3 is 1. The van der Waals surface area contributed by atoms with E-state index in [0.717, 1.165) is 5.75 Å². The van der Waals surface area contributed by atoms with E-state index in [1.807, 2.05) is 13.8 Å². The standard InChI is InChI=1S/C17H24N4O3/c1-12(2)16(17(18)23)21(3)15(22)9-10-19-11-20-13-5-7-14(24-4)8-6-13/h5-8,12,16H,9-10H2,1-4H3,(H2,18,23). The lowest BCUT2D eigenvalue weighted by atomic mass is 10.0. The van der Waals surface area contributed by atoms with Crippen LogP contribution >= 0.6 is 0 Å². The van der Waals surface area contributed by atoms with E-state index in [2.05, 4.69) is 16.0 Å². The first-order chi connectivity index (χ1) is 11.4. The van der Waals surface area contributed by atoms with Crippen molar-refractivity contribution in [1.29, 1.82) is 0 Å². The zero-order chi connectivity index (χ0) is 18.1. The number of amides is 2. The Labute approximate surface area is 142 Å². The minimum absolute atomic E-state index is 0.0448. The molecule has 1 aromatic rings. The van der Waals surface area contributed by atoms with E-state index in [4.69, 9.17) is 10.5 Å². The van der Waals surface area contributed by atoms with Crippen molar-refractivity contribution in [3.63, 3.8) is 0 Å². The van der Waals surface area contributed by atoms with Crippen LogP contribution in [0.15, 0.2) is 34.3 Å². The highest BCUT2D eigenvalue weighted by Crippen LogP contribution is 2.16. The number of carbonyl (C=O) groups excluding carboxylic acids is 2. The Balaban J connectivity index is 2.54. The van der Waals surface area contributed by atoms with Crippen LogP contribution in [0.25, 0.3) is 0 Å². The van der Waals surface area contributed by atoms with Crippen molar-refractivity contribution in [3.05, 3.63) is 24.3 Å². The minimum Gasteiger partial charge on any atom is -0.497 e. The lowest BCUT2D eigenvalue weighted by molar-refractivity contribution is -0.139. The van der Waals surface area contributed by atoms with Crippen molar-refractivity contribution >= 4 is 23.5 Å². The van der Waals surface area contributed by atoms with Crippen LogP contribution in [0.2, 0.25) is 0 Å². The smallest absolute Gasteiger partial charge is 0.240 e. The van der Waals surface area contributed by atoms with Gasteiger partial charge in [0.2, 0.25) is 11.8 Å². The summed E-state index contributed by atoms with van der Waals surface area (Å²) in [5.74, 6) is -0.00168. The summed E-state index contributed by atoms with van der Waals surface area (Å²) >= 11 is 0. The maximum absolute atomic E-state index is 12.1. The first-order valence-corrected chi connectivity index (χ1v) is 7.68. The van der Waals surface area contributed by atoms with Crippen LogP contribution in [0.3, 0.4) is 0 Å². The number of hydrogen-bond acceptors (Lipinski definition) is 5. The third-order valence-electron chi connectivity index (χ3n) is 3.49. The third kappa shape index (κ3) is 5.85. The van der Waals surface area contributed by atoms with Gasteiger partial charge in [-0.15, -0.1) is 0 Å². The van der Waals surface area contributed by atoms with Gasteiger partial charge in [-0.05, 0) is 30.2 Å². The Kier molecular flexibility index (Phi) is 7.65. The fraction of sp³-hybridized carbons (Fsp3) is 0.471. The summed E-state index contributed by atoms with van der Waals surface area (Å²) in [6.45, 7) is 3.93. The average Bonchev–Trinajstić information content (AvgIpc) is 2.54. The number of primary amides is 1. The highest BCUT2D eigenvalue weighted by Gasteiger charge is 2.27. The van der Waals surface area contributed by atoms with Crippen molar-refractivity contribution in [1.82, 2.24) is 4.90 Å². The Morgan fingerprint density at radius 2 is 1.92 bits per heavy atom. The summed E-state index contributed by atoms with van der Waals surface area (Å²) in [6, 6.07) is 9.07. The highest BCUT2D eigenvalue weighted by molar-refractivity contribution is 5.86. The second-order valence-corrected chi connectivity index (χ2v) is 5.64. The molecule has 24 heavy (non-hydrogen) atoms. The van der Waals surface area contributed by atoms with Gasteiger partial charge in [-0.3, -0.25) is 9.59 Å². The van der Waals surface area contributed by atoms with Gasteiger partial charge in [0, 0.05) is 13.5 Å². The number of aliphatic imine (C=N–C) groups is 2. The summed E-state index contributed by atoms with van der Waals surface area (Å²) in [6.07, 6.45) is 0.165. The van der Waals surface area contributed by atoms with Gasteiger partial charge in [0.15, 0.2) is 0 Å². The van der Waals surface area contributed by atoms with Gasteiger partial charge in [-0.1, -0.05) is 13.8 Å². The normalized spacial score (nSPS) is 11.4. The van der Waals surface area contributed by atoms with E-state index in [0.29, 0.717) is 5.69 Å². The van der Waals surface area contributed by atoms with E-state index in [1.54, 1.807) is 38.4 Å². The summed E-state index contributed by atoms with van der Waals surface area (Å²) < 4.78 is 5.05. The number of likely N-dealkylation sites (N-methyl/N-ethyl adjacent to an activating group) is 1. The number of rotatable bonds is 8. The van der Waals surface area contributed by atoms with E-state index >= 15 is 0 Å². The molecule has 1 rings (SSSR count). The SMILES string of the molecule is COc1ccc(N=C=NCCC(=O)N(C)C(C(N)=O)C(C)C)cc1. The summed E-state index contributed by atoms with van der Waals surface area (Å²) in [4.78, 5) is 32.9. The second-order valence-electron chi connectivity index (χ2n) is 5.64. The fourth-order valence-electron chi connectivity index (χ4n) is 2.25. The molecule has 0 spiro atoms. The molecule has 0 aliphatic carbocycles. The van der Waals surface area contributed by atoms with E-state index in [-0.39, 0.29) is 24.8 Å². The molecule has 0 fully saturated rings. The van der Waals surface area contributed by atoms with Gasteiger partial charge in [0.1, 0.15) is 11.8 Å². The topological polar surface area (TPSA) is 97.3 Å². The van der Waals surface area contributed by atoms with Crippen molar-refractivity contribution in [2.75, 3.05) is 20.7 Å². The summed E-state index contributed by atoms with van der Waals surface area (Å²) in [5, 5.41) is 0. The molecule has 0 aliphatic heterocycles. The molecule has 7 nitrogen and oxygen atoms in total. The molecule has 1 atom stereocenters. The number of nitrogens with zero attached hydrogens (tertiary/aromatic N) is 3. The van der Waals surface area contributed by atoms with Crippen molar-refractivity contribution in [3.8, 4) is 5.75 Å². The predicted octanol–water partition coefficient (Wildman–Crippen LogP) is 1.86. The zero-order valence-corrected chi connectivity index (χ0v) is 14.5. The van der Waals surface area contributed by atoms with Gasteiger partial charge in [0.25, 0.3) is 0 Å². The largest absolute Gasteiger partial charge is 0.497 e. The summed E-state index contributed by atoms with van der Waals surface area (Å²) in [5.41, 5.74) is 6.04. The maximum atomic E-state index is 12.1. The van der Waals surface area contributed by atoms with Gasteiger partial charge < -0.3 is 15.4 Å². The Morgan fingerprint density at radius 1 is 1.29 bits per heavy atom. The van der Waals surface area contributed by atoms with Crippen LogP contribution in [0.1, 0.15) is 20.3 Å². The van der Waals surface area contributed by atoms with Crippen LogP contribution in [0, 0.1) is 5.92 Å². The maximum Gasteiger partial charge on any atom is 0.240 e. The van der Waals surface area contributed by atoms with Crippen LogP contribution in [-0.2, 0) is 9.59 Å².